The van der Waals surface area contributed by atoms with Gasteiger partial charge in [0.05, 0.1) is 10.0 Å². The van der Waals surface area contributed by atoms with E-state index < -0.39 is 10.0 Å². The zero-order valence-electron chi connectivity index (χ0n) is 10.9. The Morgan fingerprint density at radius 2 is 1.90 bits per heavy atom. The van der Waals surface area contributed by atoms with Gasteiger partial charge in [0.1, 0.15) is 4.90 Å². The van der Waals surface area contributed by atoms with Gasteiger partial charge in [-0.3, -0.25) is 0 Å². The number of rotatable bonds is 4. The highest BCUT2D eigenvalue weighted by Gasteiger charge is 2.29. The largest absolute Gasteiger partial charge is 0.313 e. The summed E-state index contributed by atoms with van der Waals surface area (Å²) in [4.78, 5) is -0.0919. The third-order valence-corrected chi connectivity index (χ3v) is 6.24. The Kier molecular flexibility index (Phi) is 5.21. The second-order valence-electron chi connectivity index (χ2n) is 4.78. The molecule has 0 aromatic heterocycles. The molecule has 1 unspecified atom stereocenters. The molecule has 0 amide bonds. The van der Waals surface area contributed by atoms with Crippen molar-refractivity contribution in [3.8, 4) is 0 Å². The van der Waals surface area contributed by atoms with Crippen LogP contribution >= 0.6 is 34.8 Å². The molecule has 0 radical (unpaired) electrons. The molecule has 20 heavy (non-hydrogen) atoms. The van der Waals surface area contributed by atoms with Crippen LogP contribution in [0.4, 0.5) is 0 Å². The van der Waals surface area contributed by atoms with Crippen LogP contribution in [0.2, 0.25) is 15.1 Å². The Labute approximate surface area is 134 Å². The highest BCUT2D eigenvalue weighted by molar-refractivity contribution is 7.89. The molecule has 1 heterocycles. The van der Waals surface area contributed by atoms with E-state index in [4.69, 9.17) is 34.8 Å². The average molecular weight is 358 g/mol. The molecule has 1 atom stereocenters. The van der Waals surface area contributed by atoms with Gasteiger partial charge in [-0.05, 0) is 31.5 Å². The molecule has 0 bridgehead atoms. The van der Waals surface area contributed by atoms with Gasteiger partial charge in [0.15, 0.2) is 0 Å². The molecule has 1 saturated heterocycles. The normalized spacial score (nSPS) is 19.8. The summed E-state index contributed by atoms with van der Waals surface area (Å²) in [7, 11) is -2.21. The molecule has 0 saturated carbocycles. The Hall–Kier alpha value is -0.0400. The summed E-state index contributed by atoms with van der Waals surface area (Å²) in [5.74, 6) is 0. The minimum atomic E-state index is -3.73. The molecule has 1 N–H and O–H groups in total. The lowest BCUT2D eigenvalue weighted by atomic mass is 10.2. The zero-order chi connectivity index (χ0) is 14.9. The number of benzene rings is 1. The molecular formula is C12H15Cl3N2O2S. The van der Waals surface area contributed by atoms with Crippen molar-refractivity contribution in [2.45, 2.75) is 23.8 Å². The van der Waals surface area contributed by atoms with Gasteiger partial charge in [-0.1, -0.05) is 34.8 Å². The summed E-state index contributed by atoms with van der Waals surface area (Å²) >= 11 is 17.8. The molecule has 0 spiro atoms. The first kappa shape index (κ1) is 16.3. The summed E-state index contributed by atoms with van der Waals surface area (Å²) in [6.45, 7) is 1.30. The number of hydrogen-bond acceptors (Lipinski definition) is 3. The third-order valence-electron chi connectivity index (χ3n) is 3.27. The standard InChI is InChI=1S/C12H15Cl3N2O2S/c1-17(7-9-3-2-4-16-9)20(18,19)12-10(14)5-8(13)6-11(12)15/h5-6,9,16H,2-4,7H2,1H3. The highest BCUT2D eigenvalue weighted by Crippen LogP contribution is 2.34. The van der Waals surface area contributed by atoms with E-state index in [9.17, 15) is 8.42 Å². The summed E-state index contributed by atoms with van der Waals surface area (Å²) in [5.41, 5.74) is 0. The summed E-state index contributed by atoms with van der Waals surface area (Å²) in [6.07, 6.45) is 2.02. The molecule has 1 fully saturated rings. The van der Waals surface area contributed by atoms with Crippen molar-refractivity contribution < 1.29 is 8.42 Å². The van der Waals surface area contributed by atoms with Crippen LogP contribution in [0.5, 0.6) is 0 Å². The maximum Gasteiger partial charge on any atom is 0.245 e. The van der Waals surface area contributed by atoms with E-state index in [2.05, 4.69) is 5.32 Å². The molecular weight excluding hydrogens is 343 g/mol. The second kappa shape index (κ2) is 6.38. The van der Waals surface area contributed by atoms with E-state index in [0.717, 1.165) is 19.4 Å². The lowest BCUT2D eigenvalue weighted by Crippen LogP contribution is -2.38. The van der Waals surface area contributed by atoms with E-state index >= 15 is 0 Å². The van der Waals surface area contributed by atoms with Crippen LogP contribution in [0.1, 0.15) is 12.8 Å². The van der Waals surface area contributed by atoms with Crippen molar-refractivity contribution in [1.82, 2.24) is 9.62 Å². The molecule has 0 aliphatic carbocycles. The summed E-state index contributed by atoms with van der Waals surface area (Å²) in [6, 6.07) is 2.92. The van der Waals surface area contributed by atoms with Crippen LogP contribution in [-0.4, -0.2) is 38.9 Å². The Bertz CT molecular complexity index is 578. The van der Waals surface area contributed by atoms with Crippen molar-refractivity contribution in [2.24, 2.45) is 0 Å². The molecule has 1 aromatic rings. The molecule has 4 nitrogen and oxygen atoms in total. The predicted molar refractivity (Wildman–Crippen MR) is 82.3 cm³/mol. The van der Waals surface area contributed by atoms with Gasteiger partial charge in [-0.15, -0.1) is 0 Å². The van der Waals surface area contributed by atoms with Gasteiger partial charge >= 0.3 is 0 Å². The topological polar surface area (TPSA) is 49.4 Å². The number of nitrogens with one attached hydrogen (secondary N) is 1. The lowest BCUT2D eigenvalue weighted by molar-refractivity contribution is 0.417. The fourth-order valence-corrected chi connectivity index (χ4v) is 4.95. The Balaban J connectivity index is 2.29. The SMILES string of the molecule is CN(CC1CCCN1)S(=O)(=O)c1c(Cl)cc(Cl)cc1Cl. The van der Waals surface area contributed by atoms with Crippen LogP contribution in [-0.2, 0) is 10.0 Å². The summed E-state index contributed by atoms with van der Waals surface area (Å²) in [5, 5.41) is 3.63. The number of likely N-dealkylation sites (N-methyl/N-ethyl adjacent to an activating group) is 1. The van der Waals surface area contributed by atoms with Gasteiger partial charge in [0.25, 0.3) is 0 Å². The van der Waals surface area contributed by atoms with Gasteiger partial charge in [0.2, 0.25) is 10.0 Å². The molecule has 8 heteroatoms. The van der Waals surface area contributed by atoms with Crippen molar-refractivity contribution in [1.29, 1.82) is 0 Å². The third kappa shape index (κ3) is 3.40. The van der Waals surface area contributed by atoms with Crippen LogP contribution in [0.3, 0.4) is 0 Å². The summed E-state index contributed by atoms with van der Waals surface area (Å²) < 4.78 is 26.4. The van der Waals surface area contributed by atoms with Gasteiger partial charge in [0, 0.05) is 24.7 Å². The maximum absolute atomic E-state index is 12.6. The van der Waals surface area contributed by atoms with E-state index in [-0.39, 0.29) is 21.0 Å². The molecule has 112 valence electrons. The van der Waals surface area contributed by atoms with E-state index in [1.165, 1.54) is 23.5 Å². The second-order valence-corrected chi connectivity index (χ2v) is 8.01. The van der Waals surface area contributed by atoms with Gasteiger partial charge in [-0.2, -0.15) is 4.31 Å². The zero-order valence-corrected chi connectivity index (χ0v) is 14.0. The molecule has 1 aliphatic heterocycles. The lowest BCUT2D eigenvalue weighted by Gasteiger charge is -2.22. The van der Waals surface area contributed by atoms with E-state index in [0.29, 0.717) is 11.6 Å². The Morgan fingerprint density at radius 3 is 2.40 bits per heavy atom. The van der Waals surface area contributed by atoms with E-state index in [1.807, 2.05) is 0 Å². The fourth-order valence-electron chi connectivity index (χ4n) is 2.25. The number of nitrogens with zero attached hydrogens (tertiary/aromatic N) is 1. The number of hydrogen-bond donors (Lipinski definition) is 1. The highest BCUT2D eigenvalue weighted by atomic mass is 35.5. The molecule has 1 aromatic carbocycles. The van der Waals surface area contributed by atoms with Gasteiger partial charge < -0.3 is 5.32 Å². The molecule has 2 rings (SSSR count). The van der Waals surface area contributed by atoms with E-state index in [1.54, 1.807) is 0 Å². The van der Waals surface area contributed by atoms with Crippen molar-refractivity contribution in [3.05, 3.63) is 27.2 Å². The first-order valence-electron chi connectivity index (χ1n) is 6.16. The van der Waals surface area contributed by atoms with Crippen molar-refractivity contribution in [2.75, 3.05) is 20.1 Å². The van der Waals surface area contributed by atoms with Crippen LogP contribution < -0.4 is 5.32 Å². The Morgan fingerprint density at radius 1 is 1.30 bits per heavy atom. The first-order chi connectivity index (χ1) is 9.32. The fraction of sp³-hybridized carbons (Fsp3) is 0.500. The smallest absolute Gasteiger partial charge is 0.245 e. The first-order valence-corrected chi connectivity index (χ1v) is 8.74. The van der Waals surface area contributed by atoms with Crippen molar-refractivity contribution in [3.63, 3.8) is 0 Å². The van der Waals surface area contributed by atoms with Crippen LogP contribution in [0, 0.1) is 0 Å². The monoisotopic (exact) mass is 356 g/mol. The van der Waals surface area contributed by atoms with Crippen LogP contribution in [0.15, 0.2) is 17.0 Å². The minimum absolute atomic E-state index is 0.0359. The molecule has 1 aliphatic rings. The number of sulfonamides is 1. The van der Waals surface area contributed by atoms with Crippen molar-refractivity contribution >= 4 is 44.8 Å². The number of halogens is 3. The quantitative estimate of drug-likeness (QED) is 0.901. The average Bonchev–Trinajstić information content (AvgIpc) is 2.79. The van der Waals surface area contributed by atoms with Gasteiger partial charge in [-0.25, -0.2) is 8.42 Å². The maximum atomic E-state index is 12.6. The predicted octanol–water partition coefficient (Wildman–Crippen LogP) is 3.02. The minimum Gasteiger partial charge on any atom is -0.313 e. The van der Waals surface area contributed by atoms with Crippen LogP contribution in [0.25, 0.3) is 0 Å².